The van der Waals surface area contributed by atoms with Crippen LogP contribution in [0.2, 0.25) is 0 Å². The minimum absolute atomic E-state index is 0.387. The van der Waals surface area contributed by atoms with Crippen LogP contribution in [0.3, 0.4) is 0 Å². The van der Waals surface area contributed by atoms with Gasteiger partial charge in [0.15, 0.2) is 9.84 Å². The number of fused-ring (bicyclic) bond motifs is 2. The number of sulfone groups is 1. The predicted molar refractivity (Wildman–Crippen MR) is 86.2 cm³/mol. The van der Waals surface area contributed by atoms with Crippen LogP contribution < -0.4 is 5.32 Å². The van der Waals surface area contributed by atoms with Gasteiger partial charge in [-0.25, -0.2) is 8.42 Å². The maximum absolute atomic E-state index is 11.7. The zero-order chi connectivity index (χ0) is 14.9. The predicted octanol–water partition coefficient (Wildman–Crippen LogP) is 1.81. The second-order valence-electron chi connectivity index (χ2n) is 7.33. The van der Waals surface area contributed by atoms with Crippen molar-refractivity contribution in [3.8, 4) is 0 Å². The standard InChI is InChI=1S/C16H30N2O2S/c1-2-7-17-14-9-15-4-3-5-16(10-14)18(15)11-13-6-8-21(19,20)12-13/h13-17H,2-12H2,1H3. The molecular formula is C16H30N2O2S. The molecule has 0 aromatic rings. The Balaban J connectivity index is 1.59. The molecule has 0 aromatic carbocycles. The van der Waals surface area contributed by atoms with Gasteiger partial charge in [0, 0.05) is 24.7 Å². The Hall–Kier alpha value is -0.130. The number of hydrogen-bond acceptors (Lipinski definition) is 4. The van der Waals surface area contributed by atoms with Crippen molar-refractivity contribution in [2.24, 2.45) is 5.92 Å². The zero-order valence-electron chi connectivity index (χ0n) is 13.3. The maximum Gasteiger partial charge on any atom is 0.150 e. The number of hydrogen-bond donors (Lipinski definition) is 1. The van der Waals surface area contributed by atoms with Crippen molar-refractivity contribution in [3.63, 3.8) is 0 Å². The molecule has 3 aliphatic heterocycles. The van der Waals surface area contributed by atoms with Crippen molar-refractivity contribution in [1.29, 1.82) is 0 Å². The fourth-order valence-electron chi connectivity index (χ4n) is 4.61. The van der Waals surface area contributed by atoms with E-state index in [0.29, 0.717) is 35.5 Å². The first-order valence-corrected chi connectivity index (χ1v) is 10.6. The van der Waals surface area contributed by atoms with E-state index in [-0.39, 0.29) is 0 Å². The van der Waals surface area contributed by atoms with Gasteiger partial charge in [-0.05, 0) is 51.0 Å². The molecule has 2 bridgehead atoms. The maximum atomic E-state index is 11.7. The summed E-state index contributed by atoms with van der Waals surface area (Å²) in [5.41, 5.74) is 0. The van der Waals surface area contributed by atoms with E-state index in [1.807, 2.05) is 0 Å². The third-order valence-electron chi connectivity index (χ3n) is 5.60. The Kier molecular flexibility index (Phi) is 4.91. The van der Waals surface area contributed by atoms with Crippen molar-refractivity contribution in [2.75, 3.05) is 24.6 Å². The molecule has 4 nitrogen and oxygen atoms in total. The molecule has 5 heteroatoms. The number of nitrogens with one attached hydrogen (secondary N) is 1. The zero-order valence-corrected chi connectivity index (χ0v) is 14.1. The van der Waals surface area contributed by atoms with Gasteiger partial charge in [0.05, 0.1) is 11.5 Å². The fourth-order valence-corrected chi connectivity index (χ4v) is 6.46. The molecule has 3 aliphatic rings. The Morgan fingerprint density at radius 3 is 2.43 bits per heavy atom. The van der Waals surface area contributed by atoms with Gasteiger partial charge in [0.2, 0.25) is 0 Å². The lowest BCUT2D eigenvalue weighted by Crippen LogP contribution is -2.57. The molecule has 21 heavy (non-hydrogen) atoms. The van der Waals surface area contributed by atoms with Crippen molar-refractivity contribution in [3.05, 3.63) is 0 Å². The minimum Gasteiger partial charge on any atom is -0.314 e. The molecule has 3 fully saturated rings. The average Bonchev–Trinajstić information content (AvgIpc) is 2.76. The van der Waals surface area contributed by atoms with Gasteiger partial charge in [-0.2, -0.15) is 0 Å². The first kappa shape index (κ1) is 15.8. The van der Waals surface area contributed by atoms with Crippen molar-refractivity contribution < 1.29 is 8.42 Å². The second-order valence-corrected chi connectivity index (χ2v) is 9.56. The molecule has 0 spiro atoms. The van der Waals surface area contributed by atoms with Crippen LogP contribution in [-0.2, 0) is 9.84 Å². The molecular weight excluding hydrogens is 284 g/mol. The smallest absolute Gasteiger partial charge is 0.150 e. The molecule has 0 amide bonds. The van der Waals surface area contributed by atoms with Gasteiger partial charge >= 0.3 is 0 Å². The van der Waals surface area contributed by atoms with Crippen LogP contribution in [0.4, 0.5) is 0 Å². The summed E-state index contributed by atoms with van der Waals surface area (Å²) in [6.45, 7) is 4.38. The quantitative estimate of drug-likeness (QED) is 0.841. The number of rotatable bonds is 5. The highest BCUT2D eigenvalue weighted by Gasteiger charge is 2.40. The summed E-state index contributed by atoms with van der Waals surface area (Å²) < 4.78 is 23.3. The first-order chi connectivity index (χ1) is 10.1. The van der Waals surface area contributed by atoms with Gasteiger partial charge in [-0.1, -0.05) is 13.3 Å². The first-order valence-electron chi connectivity index (χ1n) is 8.77. The Morgan fingerprint density at radius 2 is 1.86 bits per heavy atom. The fraction of sp³-hybridized carbons (Fsp3) is 1.00. The summed E-state index contributed by atoms with van der Waals surface area (Å²) in [4.78, 5) is 2.68. The van der Waals surface area contributed by atoms with E-state index in [4.69, 9.17) is 0 Å². The molecule has 3 saturated heterocycles. The molecule has 0 aliphatic carbocycles. The summed E-state index contributed by atoms with van der Waals surface area (Å²) in [6.07, 6.45) is 8.58. The lowest BCUT2D eigenvalue weighted by Gasteiger charge is -2.50. The highest BCUT2D eigenvalue weighted by molar-refractivity contribution is 7.91. The van der Waals surface area contributed by atoms with Gasteiger partial charge in [-0.3, -0.25) is 4.90 Å². The molecule has 0 radical (unpaired) electrons. The Morgan fingerprint density at radius 1 is 1.14 bits per heavy atom. The highest BCUT2D eigenvalue weighted by atomic mass is 32.2. The van der Waals surface area contributed by atoms with Gasteiger partial charge in [-0.15, -0.1) is 0 Å². The van der Waals surface area contributed by atoms with E-state index in [1.54, 1.807) is 0 Å². The van der Waals surface area contributed by atoms with E-state index < -0.39 is 9.84 Å². The minimum atomic E-state index is -2.73. The van der Waals surface area contributed by atoms with Gasteiger partial charge in [0.1, 0.15) is 0 Å². The van der Waals surface area contributed by atoms with Crippen LogP contribution in [-0.4, -0.2) is 56.0 Å². The Labute approximate surface area is 129 Å². The number of nitrogens with zero attached hydrogens (tertiary/aromatic N) is 1. The molecule has 3 rings (SSSR count). The van der Waals surface area contributed by atoms with Crippen LogP contribution in [0.25, 0.3) is 0 Å². The van der Waals surface area contributed by atoms with E-state index in [1.165, 1.54) is 38.5 Å². The summed E-state index contributed by atoms with van der Waals surface area (Å²) in [5.74, 6) is 1.24. The Bertz CT molecular complexity index is 437. The highest BCUT2D eigenvalue weighted by Crippen LogP contribution is 2.35. The van der Waals surface area contributed by atoms with E-state index in [2.05, 4.69) is 17.1 Å². The summed E-state index contributed by atoms with van der Waals surface area (Å²) in [7, 11) is -2.73. The normalized spacial score (nSPS) is 39.5. The molecule has 1 N–H and O–H groups in total. The summed E-state index contributed by atoms with van der Waals surface area (Å²) >= 11 is 0. The summed E-state index contributed by atoms with van der Waals surface area (Å²) in [5, 5.41) is 3.70. The van der Waals surface area contributed by atoms with Crippen LogP contribution in [0.1, 0.15) is 51.9 Å². The third-order valence-corrected chi connectivity index (χ3v) is 7.44. The van der Waals surface area contributed by atoms with Crippen LogP contribution in [0.15, 0.2) is 0 Å². The molecule has 3 heterocycles. The second kappa shape index (κ2) is 6.55. The topological polar surface area (TPSA) is 49.4 Å². The molecule has 3 unspecified atom stereocenters. The SMILES string of the molecule is CCCNC1CC2CCCC(C1)N2CC1CCS(=O)(=O)C1. The van der Waals surface area contributed by atoms with Crippen molar-refractivity contribution >= 4 is 9.84 Å². The van der Waals surface area contributed by atoms with Crippen LogP contribution >= 0.6 is 0 Å². The van der Waals surface area contributed by atoms with Crippen molar-refractivity contribution in [2.45, 2.75) is 70.0 Å². The molecule has 122 valence electrons. The van der Waals surface area contributed by atoms with E-state index in [9.17, 15) is 8.42 Å². The molecule has 0 aromatic heterocycles. The largest absolute Gasteiger partial charge is 0.314 e. The van der Waals surface area contributed by atoms with E-state index >= 15 is 0 Å². The molecule has 0 saturated carbocycles. The van der Waals surface area contributed by atoms with Crippen LogP contribution in [0, 0.1) is 5.92 Å². The summed E-state index contributed by atoms with van der Waals surface area (Å²) in [6, 6.07) is 2.06. The van der Waals surface area contributed by atoms with Crippen LogP contribution in [0.5, 0.6) is 0 Å². The van der Waals surface area contributed by atoms with Crippen molar-refractivity contribution in [1.82, 2.24) is 10.2 Å². The molecule has 3 atom stereocenters. The lowest BCUT2D eigenvalue weighted by molar-refractivity contribution is 0.0148. The monoisotopic (exact) mass is 314 g/mol. The van der Waals surface area contributed by atoms with E-state index in [0.717, 1.165) is 19.5 Å². The number of piperidine rings is 2. The average molecular weight is 314 g/mol. The van der Waals surface area contributed by atoms with Gasteiger partial charge in [0.25, 0.3) is 0 Å². The van der Waals surface area contributed by atoms with Gasteiger partial charge < -0.3 is 5.32 Å². The third kappa shape index (κ3) is 3.80. The lowest BCUT2D eigenvalue weighted by atomic mass is 9.81.